The standard InChI is InChI=1S/C15H15NO3/c17-14(16-11-4-2-1-3-5-11)12-9-6-7-10(8-9)13(12)15(18)19/h1-7,9-10,12-13H,8H2,(H,16,17)(H,18,19)/p-1/t9-,10+,12+,13-/m0/s1. The van der Waals surface area contributed by atoms with Gasteiger partial charge in [-0.1, -0.05) is 30.4 Å². The number of hydrogen-bond donors (Lipinski definition) is 1. The lowest BCUT2D eigenvalue weighted by Crippen LogP contribution is -2.42. The van der Waals surface area contributed by atoms with Crippen molar-refractivity contribution in [1.82, 2.24) is 0 Å². The molecule has 0 aromatic heterocycles. The Kier molecular flexibility index (Phi) is 2.85. The molecule has 2 aliphatic rings. The van der Waals surface area contributed by atoms with Crippen molar-refractivity contribution in [2.45, 2.75) is 6.42 Å². The lowest BCUT2D eigenvalue weighted by molar-refractivity contribution is -0.313. The molecular formula is C15H14NO3-. The van der Waals surface area contributed by atoms with Crippen LogP contribution in [0.1, 0.15) is 6.42 Å². The summed E-state index contributed by atoms with van der Waals surface area (Å²) in [6, 6.07) is 9.09. The second kappa shape index (κ2) is 4.53. The van der Waals surface area contributed by atoms with Gasteiger partial charge in [0.15, 0.2) is 0 Å². The highest BCUT2D eigenvalue weighted by molar-refractivity contribution is 5.96. The van der Waals surface area contributed by atoms with Crippen LogP contribution in [0.3, 0.4) is 0 Å². The molecule has 0 radical (unpaired) electrons. The zero-order valence-electron chi connectivity index (χ0n) is 10.3. The fraction of sp³-hybridized carbons (Fsp3) is 0.333. The molecule has 1 N–H and O–H groups in total. The van der Waals surface area contributed by atoms with Crippen molar-refractivity contribution in [3.05, 3.63) is 42.5 Å². The Labute approximate surface area is 111 Å². The fourth-order valence-corrected chi connectivity index (χ4v) is 3.25. The molecule has 1 aromatic rings. The second-order valence-corrected chi connectivity index (χ2v) is 5.17. The molecule has 1 fully saturated rings. The van der Waals surface area contributed by atoms with E-state index in [0.29, 0.717) is 5.69 Å². The maximum absolute atomic E-state index is 12.3. The summed E-state index contributed by atoms with van der Waals surface area (Å²) in [5.74, 6) is -2.58. The normalized spacial score (nSPS) is 31.4. The number of allylic oxidation sites excluding steroid dienone is 2. The Morgan fingerprint density at radius 1 is 1.05 bits per heavy atom. The SMILES string of the molecule is O=C([O-])[C@@H]1[C@H](C(=O)Nc2ccccc2)[C@H]2C=C[C@@H]1C2. The number of carboxylic acid groups (broad SMARTS) is 1. The lowest BCUT2D eigenvalue weighted by Gasteiger charge is -2.27. The van der Waals surface area contributed by atoms with E-state index in [4.69, 9.17) is 0 Å². The maximum Gasteiger partial charge on any atom is 0.228 e. The van der Waals surface area contributed by atoms with Gasteiger partial charge in [-0.15, -0.1) is 0 Å². The summed E-state index contributed by atoms with van der Waals surface area (Å²) in [6.07, 6.45) is 4.60. The van der Waals surface area contributed by atoms with Gasteiger partial charge in [0.25, 0.3) is 0 Å². The average Bonchev–Trinajstić information content (AvgIpc) is 2.99. The lowest BCUT2D eigenvalue weighted by atomic mass is 9.82. The number of hydrogen-bond acceptors (Lipinski definition) is 3. The molecule has 0 heterocycles. The van der Waals surface area contributed by atoms with Crippen LogP contribution in [0.5, 0.6) is 0 Å². The summed E-state index contributed by atoms with van der Waals surface area (Å²) in [4.78, 5) is 23.5. The third kappa shape index (κ3) is 2.03. The van der Waals surface area contributed by atoms with Gasteiger partial charge in [0.2, 0.25) is 5.91 Å². The number of aliphatic carboxylic acids is 1. The van der Waals surface area contributed by atoms with Crippen molar-refractivity contribution in [2.24, 2.45) is 23.7 Å². The minimum absolute atomic E-state index is 0.0246. The number of carboxylic acids is 1. The van der Waals surface area contributed by atoms with Gasteiger partial charge in [-0.25, -0.2) is 0 Å². The first-order valence-electron chi connectivity index (χ1n) is 6.42. The molecule has 1 saturated carbocycles. The monoisotopic (exact) mass is 256 g/mol. The van der Waals surface area contributed by atoms with E-state index >= 15 is 0 Å². The molecule has 0 saturated heterocycles. The molecule has 0 unspecified atom stereocenters. The number of amides is 1. The molecule has 2 aliphatic carbocycles. The minimum atomic E-state index is -1.12. The summed E-state index contributed by atoms with van der Waals surface area (Å²) < 4.78 is 0. The molecule has 1 aromatic carbocycles. The first kappa shape index (κ1) is 12.0. The van der Waals surface area contributed by atoms with Gasteiger partial charge in [0, 0.05) is 17.6 Å². The molecule has 0 aliphatic heterocycles. The van der Waals surface area contributed by atoms with E-state index in [1.165, 1.54) is 0 Å². The Morgan fingerprint density at radius 3 is 2.32 bits per heavy atom. The molecule has 1 amide bonds. The van der Waals surface area contributed by atoms with Crippen molar-refractivity contribution in [2.75, 3.05) is 5.32 Å². The number of anilines is 1. The van der Waals surface area contributed by atoms with Gasteiger partial charge < -0.3 is 15.2 Å². The number of rotatable bonds is 3. The molecule has 4 atom stereocenters. The van der Waals surface area contributed by atoms with Crippen LogP contribution < -0.4 is 10.4 Å². The first-order valence-corrected chi connectivity index (χ1v) is 6.42. The Balaban J connectivity index is 1.79. The zero-order valence-corrected chi connectivity index (χ0v) is 10.3. The summed E-state index contributed by atoms with van der Waals surface area (Å²) in [5.41, 5.74) is 0.691. The molecule has 19 heavy (non-hydrogen) atoms. The largest absolute Gasteiger partial charge is 0.550 e. The number of fused-ring (bicyclic) bond motifs is 2. The summed E-state index contributed by atoms with van der Waals surface area (Å²) in [6.45, 7) is 0. The Hall–Kier alpha value is -2.10. The highest BCUT2D eigenvalue weighted by atomic mass is 16.4. The van der Waals surface area contributed by atoms with E-state index in [2.05, 4.69) is 5.32 Å². The highest BCUT2D eigenvalue weighted by Crippen LogP contribution is 2.48. The number of para-hydroxylation sites is 1. The second-order valence-electron chi connectivity index (χ2n) is 5.17. The van der Waals surface area contributed by atoms with Gasteiger partial charge >= 0.3 is 0 Å². The van der Waals surface area contributed by atoms with E-state index in [1.54, 1.807) is 12.1 Å². The topological polar surface area (TPSA) is 69.2 Å². The molecule has 2 bridgehead atoms. The molecule has 98 valence electrons. The maximum atomic E-state index is 12.3. The van der Waals surface area contributed by atoms with Gasteiger partial charge in [-0.3, -0.25) is 4.79 Å². The quantitative estimate of drug-likeness (QED) is 0.814. The predicted molar refractivity (Wildman–Crippen MR) is 67.8 cm³/mol. The van der Waals surface area contributed by atoms with Gasteiger partial charge in [-0.05, 0) is 30.4 Å². The van der Waals surface area contributed by atoms with Gasteiger partial charge in [0.05, 0.1) is 5.92 Å². The van der Waals surface area contributed by atoms with Gasteiger partial charge in [-0.2, -0.15) is 0 Å². The molecule has 4 nitrogen and oxygen atoms in total. The summed E-state index contributed by atoms with van der Waals surface area (Å²) in [7, 11) is 0. The number of benzene rings is 1. The van der Waals surface area contributed by atoms with Crippen molar-refractivity contribution in [1.29, 1.82) is 0 Å². The van der Waals surface area contributed by atoms with Crippen molar-refractivity contribution in [3.63, 3.8) is 0 Å². The Bertz CT molecular complexity index is 538. The van der Waals surface area contributed by atoms with Crippen molar-refractivity contribution < 1.29 is 14.7 Å². The fourth-order valence-electron chi connectivity index (χ4n) is 3.25. The number of carbonyl (C=O) groups is 2. The van der Waals surface area contributed by atoms with E-state index in [9.17, 15) is 14.7 Å². The minimum Gasteiger partial charge on any atom is -0.550 e. The van der Waals surface area contributed by atoms with Crippen LogP contribution >= 0.6 is 0 Å². The van der Waals surface area contributed by atoms with E-state index < -0.39 is 17.8 Å². The number of carbonyl (C=O) groups excluding carboxylic acids is 2. The highest BCUT2D eigenvalue weighted by Gasteiger charge is 2.48. The molecule has 3 rings (SSSR count). The van der Waals surface area contributed by atoms with Crippen LogP contribution in [0, 0.1) is 23.7 Å². The van der Waals surface area contributed by atoms with Crippen LogP contribution in [0.15, 0.2) is 42.5 Å². The molecule has 4 heteroatoms. The van der Waals surface area contributed by atoms with Crippen LogP contribution in [0.25, 0.3) is 0 Å². The molecular weight excluding hydrogens is 242 g/mol. The zero-order chi connectivity index (χ0) is 13.4. The van der Waals surface area contributed by atoms with Crippen LogP contribution in [0.2, 0.25) is 0 Å². The summed E-state index contributed by atoms with van der Waals surface area (Å²) in [5, 5.41) is 14.0. The summed E-state index contributed by atoms with van der Waals surface area (Å²) >= 11 is 0. The van der Waals surface area contributed by atoms with E-state index in [-0.39, 0.29) is 17.7 Å². The van der Waals surface area contributed by atoms with E-state index in [0.717, 1.165) is 6.42 Å². The predicted octanol–water partition coefficient (Wildman–Crippen LogP) is 0.813. The first-order chi connectivity index (χ1) is 9.16. The Morgan fingerprint density at radius 2 is 1.68 bits per heavy atom. The third-order valence-corrected chi connectivity index (χ3v) is 4.08. The van der Waals surface area contributed by atoms with Crippen LogP contribution in [0.4, 0.5) is 5.69 Å². The molecule has 0 spiro atoms. The van der Waals surface area contributed by atoms with Crippen molar-refractivity contribution >= 4 is 17.6 Å². The number of nitrogens with one attached hydrogen (secondary N) is 1. The van der Waals surface area contributed by atoms with Crippen molar-refractivity contribution in [3.8, 4) is 0 Å². The van der Waals surface area contributed by atoms with Crippen LogP contribution in [-0.2, 0) is 9.59 Å². The van der Waals surface area contributed by atoms with Gasteiger partial charge in [0.1, 0.15) is 0 Å². The third-order valence-electron chi connectivity index (χ3n) is 4.08. The van der Waals surface area contributed by atoms with Crippen LogP contribution in [-0.4, -0.2) is 11.9 Å². The van der Waals surface area contributed by atoms with E-state index in [1.807, 2.05) is 30.4 Å². The smallest absolute Gasteiger partial charge is 0.228 e. The average molecular weight is 256 g/mol.